The van der Waals surface area contributed by atoms with Gasteiger partial charge in [0.2, 0.25) is 0 Å². The molecule has 3 fully saturated rings. The fraction of sp³-hybridized carbons (Fsp3) is 0.340. The van der Waals surface area contributed by atoms with Crippen LogP contribution in [-0.2, 0) is 14.3 Å². The monoisotopic (exact) mass is 877 g/mol. The van der Waals surface area contributed by atoms with E-state index < -0.39 is 29.0 Å². The van der Waals surface area contributed by atoms with Crippen LogP contribution in [0.3, 0.4) is 0 Å². The van der Waals surface area contributed by atoms with Crippen molar-refractivity contribution in [2.24, 2.45) is 5.92 Å². The van der Waals surface area contributed by atoms with E-state index in [4.69, 9.17) is 19.4 Å². The molecule has 5 N–H and O–H groups in total. The molecule has 5 aromatic carbocycles. The van der Waals surface area contributed by atoms with Gasteiger partial charge in [-0.1, -0.05) is 72.8 Å². The number of nitrogens with zero attached hydrogens (tertiary/aromatic N) is 5. The van der Waals surface area contributed by atoms with Gasteiger partial charge in [0.05, 0.1) is 42.6 Å². The summed E-state index contributed by atoms with van der Waals surface area (Å²) < 4.78 is 9.22. The Hall–Kier alpha value is -6.65. The molecule has 5 heterocycles. The van der Waals surface area contributed by atoms with E-state index in [2.05, 4.69) is 75.9 Å². The van der Waals surface area contributed by atoms with Crippen LogP contribution in [0.25, 0.3) is 55.0 Å². The minimum absolute atomic E-state index is 0.0226. The number of hydrogen-bond donors (Lipinski definition) is 5. The number of rotatable bonds is 10. The maximum Gasteiger partial charge on any atom is 0.568 e. The second-order valence-corrected chi connectivity index (χ2v) is 17.6. The fourth-order valence-corrected chi connectivity index (χ4v) is 10.4. The van der Waals surface area contributed by atoms with Crippen LogP contribution in [0.4, 0.5) is 9.59 Å². The number of nitrogens with one attached hydrogen (secondary N) is 3. The second-order valence-electron chi connectivity index (χ2n) is 17.6. The summed E-state index contributed by atoms with van der Waals surface area (Å²) in [4.78, 5) is 57.8. The minimum atomic E-state index is -1.28. The highest BCUT2D eigenvalue weighted by molar-refractivity contribution is 6.05. The number of quaternary nitrogens is 1. The Morgan fingerprint density at radius 1 is 0.815 bits per heavy atom. The Labute approximate surface area is 375 Å². The molecule has 0 bridgehead atoms. The van der Waals surface area contributed by atoms with E-state index in [9.17, 15) is 24.7 Å². The predicted octanol–water partition coefficient (Wildman–Crippen LogP) is 9.44. The maximum absolute atomic E-state index is 14.1. The van der Waals surface area contributed by atoms with Gasteiger partial charge in [-0.3, -0.25) is 4.79 Å². The Morgan fingerprint density at radius 3 is 2.25 bits per heavy atom. The summed E-state index contributed by atoms with van der Waals surface area (Å²) in [6.45, 7) is 3.96. The number of carbonyl (C=O) groups is 3. The number of hydrogen-bond acceptors (Lipinski definition) is 9. The molecule has 0 radical (unpaired) electrons. The standard InChI is InChI=1S/C50H52N8O7/c1-30(31-20-24-65-25-21-31)58(63,50(61)62)57-23-7-11-43(57)46-51-29-41(53-46)38-15-14-34-26-33(12-13-35(34)28-38)36-16-18-39-37(27-36)17-19-40-45(39)54-47(52-40)42-10-6-22-56(42)48(59)44(55-49(60)64-2)32-8-4-3-5-9-32/h3-5,8-9,12-19,26-31,42-44,63H,6-7,10-11,20-25H2,1-2H3,(H3-,51,52,53,54,55,60,61,62)/p+1. The third-order valence-electron chi connectivity index (χ3n) is 14.0. The van der Waals surface area contributed by atoms with E-state index >= 15 is 0 Å². The van der Waals surface area contributed by atoms with Gasteiger partial charge < -0.3 is 34.8 Å². The van der Waals surface area contributed by atoms with Crippen LogP contribution >= 0.6 is 0 Å². The molecule has 0 aliphatic carbocycles. The average Bonchev–Trinajstić information content (AvgIpc) is 4.19. The highest BCUT2D eigenvalue weighted by Gasteiger charge is 2.56. The molecular formula is C50H53N8O7+. The first-order valence-corrected chi connectivity index (χ1v) is 22.5. The Balaban J connectivity index is 0.871. The van der Waals surface area contributed by atoms with Gasteiger partial charge in [0.15, 0.2) is 6.04 Å². The molecule has 65 heavy (non-hydrogen) atoms. The van der Waals surface area contributed by atoms with Gasteiger partial charge in [-0.15, -0.1) is 5.01 Å². The first kappa shape index (κ1) is 42.3. The van der Waals surface area contributed by atoms with Crippen molar-refractivity contribution in [2.45, 2.75) is 69.6 Å². The number of likely N-dealkylation sites (tertiary alicyclic amines) is 1. The second kappa shape index (κ2) is 17.4. The fourth-order valence-electron chi connectivity index (χ4n) is 10.4. The summed E-state index contributed by atoms with van der Waals surface area (Å²) in [7, 11) is 1.29. The van der Waals surface area contributed by atoms with Crippen molar-refractivity contribution >= 4 is 50.7 Å². The number of alkyl carbamates (subject to hydrolysis) is 1. The molecule has 7 aromatic rings. The summed E-state index contributed by atoms with van der Waals surface area (Å²) in [6.07, 6.45) is 4.25. The summed E-state index contributed by atoms with van der Waals surface area (Å²) in [5.41, 5.74) is 6.33. The molecule has 2 aromatic heterocycles. The first-order chi connectivity index (χ1) is 31.6. The highest BCUT2D eigenvalue weighted by atomic mass is 16.7. The van der Waals surface area contributed by atoms with E-state index in [0.29, 0.717) is 62.8 Å². The Morgan fingerprint density at radius 2 is 1.49 bits per heavy atom. The molecule has 334 valence electrons. The number of hydroxylamine groups is 2. The van der Waals surface area contributed by atoms with Crippen LogP contribution < -0.4 is 5.32 Å². The number of aromatic amines is 2. The lowest BCUT2D eigenvalue weighted by Crippen LogP contribution is -2.67. The van der Waals surface area contributed by atoms with E-state index in [1.54, 1.807) is 11.2 Å². The lowest BCUT2D eigenvalue weighted by Gasteiger charge is -2.42. The number of benzene rings is 5. The normalized spacial score (nSPS) is 20.3. The highest BCUT2D eigenvalue weighted by Crippen LogP contribution is 2.41. The molecule has 3 aliphatic heterocycles. The van der Waals surface area contributed by atoms with Crippen LogP contribution in [0, 0.1) is 5.92 Å². The zero-order chi connectivity index (χ0) is 44.8. The quantitative estimate of drug-likeness (QED) is 0.0504. The average molecular weight is 878 g/mol. The van der Waals surface area contributed by atoms with Gasteiger partial charge in [-0.2, -0.15) is 10.0 Å². The van der Waals surface area contributed by atoms with E-state index in [0.717, 1.165) is 74.2 Å². The first-order valence-electron chi connectivity index (χ1n) is 22.5. The van der Waals surface area contributed by atoms with E-state index in [1.807, 2.05) is 48.2 Å². The number of carboxylic acid groups (broad SMARTS) is 1. The van der Waals surface area contributed by atoms with Crippen molar-refractivity contribution in [3.05, 3.63) is 120 Å². The van der Waals surface area contributed by atoms with Gasteiger partial charge in [-0.25, -0.2) is 14.8 Å². The summed E-state index contributed by atoms with van der Waals surface area (Å²) in [5, 5.41) is 30.9. The van der Waals surface area contributed by atoms with Gasteiger partial charge in [0.1, 0.15) is 23.7 Å². The minimum Gasteiger partial charge on any atom is -0.453 e. The molecule has 10 rings (SSSR count). The zero-order valence-corrected chi connectivity index (χ0v) is 36.4. The third kappa shape index (κ3) is 7.77. The molecule has 3 aliphatic rings. The number of ether oxygens (including phenoxy) is 2. The topological polar surface area (TPSA) is 186 Å². The number of imidazole rings is 2. The predicted molar refractivity (Wildman–Crippen MR) is 244 cm³/mol. The van der Waals surface area contributed by atoms with Crippen molar-refractivity contribution in [2.75, 3.05) is 33.4 Å². The van der Waals surface area contributed by atoms with E-state index in [-0.39, 0.29) is 23.9 Å². The zero-order valence-electron chi connectivity index (χ0n) is 36.4. The molecule has 0 saturated carbocycles. The van der Waals surface area contributed by atoms with Crippen molar-refractivity contribution in [1.82, 2.24) is 35.2 Å². The van der Waals surface area contributed by atoms with Crippen LogP contribution in [0.1, 0.15) is 80.8 Å². The lowest BCUT2D eigenvalue weighted by atomic mass is 9.92. The van der Waals surface area contributed by atoms with Gasteiger partial charge in [-0.05, 0) is 107 Å². The van der Waals surface area contributed by atoms with Crippen molar-refractivity contribution < 1.29 is 38.9 Å². The Kier molecular flexibility index (Phi) is 11.3. The molecular weight excluding hydrogens is 825 g/mol. The summed E-state index contributed by atoms with van der Waals surface area (Å²) in [6, 6.07) is 30.4. The summed E-state index contributed by atoms with van der Waals surface area (Å²) >= 11 is 0. The molecule has 15 nitrogen and oxygen atoms in total. The Bertz CT molecular complexity index is 2910. The van der Waals surface area contributed by atoms with Crippen molar-refractivity contribution in [3.8, 4) is 22.4 Å². The largest absolute Gasteiger partial charge is 0.568 e. The van der Waals surface area contributed by atoms with Crippen molar-refractivity contribution in [3.63, 3.8) is 0 Å². The number of methoxy groups -OCH3 is 1. The van der Waals surface area contributed by atoms with Gasteiger partial charge in [0.25, 0.3) is 5.91 Å². The van der Waals surface area contributed by atoms with Gasteiger partial charge >= 0.3 is 12.2 Å². The number of H-pyrrole nitrogens is 2. The van der Waals surface area contributed by atoms with E-state index in [1.165, 1.54) is 7.11 Å². The molecule has 3 saturated heterocycles. The third-order valence-corrected chi connectivity index (χ3v) is 14.0. The summed E-state index contributed by atoms with van der Waals surface area (Å²) in [5.74, 6) is 1.17. The molecule has 5 atom stereocenters. The number of amides is 3. The smallest absolute Gasteiger partial charge is 0.453 e. The SMILES string of the molecule is COC(=O)NC(C(=O)N1CCCC1c1nc2c(ccc3cc(-c4ccc5cc(-c6cnc(C7CCCN7[N+](O)(C(=O)O)C(C)C7CCOCC7)[nH]6)ccc5c4)ccc32)[nH]1)c1ccccc1. The lowest BCUT2D eigenvalue weighted by molar-refractivity contribution is -1.15. The molecule has 15 heteroatoms. The van der Waals surface area contributed by atoms with Crippen LogP contribution in [0.15, 0.2) is 103 Å². The molecule has 5 unspecified atom stereocenters. The number of aromatic nitrogens is 4. The van der Waals surface area contributed by atoms with Crippen LogP contribution in [-0.4, -0.2) is 102 Å². The number of fused-ring (bicyclic) bond motifs is 4. The van der Waals surface area contributed by atoms with Gasteiger partial charge in [0, 0.05) is 36.6 Å². The maximum atomic E-state index is 14.1. The van der Waals surface area contributed by atoms with Crippen LogP contribution in [0.5, 0.6) is 0 Å². The molecule has 0 spiro atoms. The van der Waals surface area contributed by atoms with Crippen LogP contribution in [0.2, 0.25) is 0 Å². The van der Waals surface area contributed by atoms with Crippen molar-refractivity contribution in [1.29, 1.82) is 0 Å². The molecule has 3 amide bonds. The number of carbonyl (C=O) groups excluding carboxylic acids is 2.